The Morgan fingerprint density at radius 3 is 0.702 bits per heavy atom. The first-order valence-electron chi connectivity index (χ1n) is 16.7. The predicted molar refractivity (Wildman–Crippen MR) is 213 cm³/mol. The second kappa shape index (κ2) is 14.9. The Morgan fingerprint density at radius 1 is 0.319 bits per heavy atom. The number of rotatable bonds is 12. The molecule has 47 heavy (non-hydrogen) atoms. The highest BCUT2D eigenvalue weighted by Crippen LogP contribution is 2.20. The largest absolute Gasteiger partial charge is 0.172 e. The van der Waals surface area contributed by atoms with Crippen LogP contribution in [0.5, 0.6) is 0 Å². The van der Waals surface area contributed by atoms with Gasteiger partial charge in [-0.1, -0.05) is 219 Å². The van der Waals surface area contributed by atoms with Gasteiger partial charge in [-0.2, -0.15) is 0 Å². The molecule has 0 aliphatic heterocycles. The summed E-state index contributed by atoms with van der Waals surface area (Å²) in [6.45, 7) is 5.10. The summed E-state index contributed by atoms with van der Waals surface area (Å²) in [7, 11) is -6.41. The predicted octanol–water partition coefficient (Wildman–Crippen LogP) is 7.23. The van der Waals surface area contributed by atoms with Crippen LogP contribution in [0.15, 0.2) is 206 Å². The second-order valence-corrected chi connectivity index (χ2v) is 25.7. The molecule has 6 rings (SSSR count). The molecule has 232 valence electrons. The van der Waals surface area contributed by atoms with Crippen LogP contribution >= 0.6 is 0 Å². The summed E-state index contributed by atoms with van der Waals surface area (Å²) in [5.74, 6) is 0. The van der Waals surface area contributed by atoms with Gasteiger partial charge < -0.3 is 0 Å². The van der Waals surface area contributed by atoms with Crippen LogP contribution in [0.25, 0.3) is 0 Å². The van der Waals surface area contributed by atoms with E-state index in [-0.39, 0.29) is 0 Å². The highest BCUT2D eigenvalue weighted by molar-refractivity contribution is 7.15. The van der Waals surface area contributed by atoms with Crippen molar-refractivity contribution in [3.8, 4) is 0 Å². The minimum Gasteiger partial charge on any atom is -0.0940 e. The molecule has 6 aromatic carbocycles. The van der Waals surface area contributed by atoms with E-state index in [0.29, 0.717) is 0 Å². The number of benzene rings is 6. The summed E-state index contributed by atoms with van der Waals surface area (Å²) in [5, 5.41) is 8.57. The lowest BCUT2D eigenvalue weighted by atomic mass is 10.3. The van der Waals surface area contributed by atoms with Gasteiger partial charge in [-0.05, 0) is 43.2 Å². The van der Waals surface area contributed by atoms with E-state index >= 15 is 0 Å². The molecule has 0 N–H and O–H groups in total. The Morgan fingerprint density at radius 2 is 0.511 bits per heavy atom. The van der Waals surface area contributed by atoms with E-state index in [1.54, 1.807) is 0 Å². The maximum Gasteiger partial charge on any atom is 0.172 e. The summed E-state index contributed by atoms with van der Waals surface area (Å²) >= 11 is 0. The molecule has 0 saturated carbocycles. The van der Waals surface area contributed by atoms with Crippen molar-refractivity contribution in [1.29, 1.82) is 0 Å². The average Bonchev–Trinajstić information content (AvgIpc) is 3.14. The van der Waals surface area contributed by atoms with Gasteiger partial charge in [0.1, 0.15) is 0 Å². The Balaban J connectivity index is 1.35. The molecule has 0 radical (unpaired) electrons. The van der Waals surface area contributed by atoms with Crippen molar-refractivity contribution in [2.45, 2.75) is 25.2 Å². The Labute approximate surface area is 284 Å². The van der Waals surface area contributed by atoms with Gasteiger partial charge >= 0.3 is 0 Å². The van der Waals surface area contributed by atoms with Crippen LogP contribution in [0.3, 0.4) is 0 Å². The molecule has 6 aromatic rings. The fraction of sp³-hybridized carbons (Fsp3) is 0.0909. The molecule has 0 aliphatic carbocycles. The van der Waals surface area contributed by atoms with E-state index in [2.05, 4.69) is 219 Å². The third kappa shape index (κ3) is 7.08. The van der Waals surface area contributed by atoms with E-state index in [4.69, 9.17) is 0 Å². The van der Waals surface area contributed by atoms with E-state index < -0.39 is 24.2 Å². The van der Waals surface area contributed by atoms with Gasteiger partial charge in [0.05, 0.1) is 8.07 Å². The van der Waals surface area contributed by atoms with Crippen LogP contribution in [0.2, 0.25) is 25.2 Å². The van der Waals surface area contributed by atoms with Crippen molar-refractivity contribution < 1.29 is 0 Å². The standard InChI is InChI=1S/C44H44Si3/c1-45(2,35-21-37-46(39-23-9-3-10-24-39,40-25-11-4-12-26-40)41-27-13-5-14-28-41)36-22-38-47(42-29-15-6-16-30-42,43-31-17-7-18-32-43)44-33-19-8-20-34-44/h3-34,37-38H,35-36H2,1-2H3/b37-21+,38-22+. The topological polar surface area (TPSA) is 0 Å². The van der Waals surface area contributed by atoms with Crippen LogP contribution in [-0.4, -0.2) is 24.2 Å². The van der Waals surface area contributed by atoms with E-state index in [0.717, 1.165) is 12.1 Å². The molecule has 0 unspecified atom stereocenters. The number of hydrogen-bond acceptors (Lipinski definition) is 0. The molecule has 3 heteroatoms. The molecule has 0 spiro atoms. The summed E-state index contributed by atoms with van der Waals surface area (Å²) < 4.78 is 0. The Hall–Kier alpha value is -4.55. The van der Waals surface area contributed by atoms with E-state index in [1.165, 1.54) is 31.1 Å². The molecule has 0 amide bonds. The molecule has 0 saturated heterocycles. The zero-order valence-corrected chi connectivity index (χ0v) is 30.5. The minimum absolute atomic E-state index is 1.13. The summed E-state index contributed by atoms with van der Waals surface area (Å²) in [4.78, 5) is 0. The average molecular weight is 657 g/mol. The van der Waals surface area contributed by atoms with Crippen LogP contribution < -0.4 is 31.1 Å². The Kier molecular flexibility index (Phi) is 10.3. The zero-order chi connectivity index (χ0) is 32.4. The van der Waals surface area contributed by atoms with Gasteiger partial charge in [0, 0.05) is 0 Å². The minimum atomic E-state index is -2.39. The summed E-state index contributed by atoms with van der Waals surface area (Å²) in [5.41, 5.74) is 5.25. The summed E-state index contributed by atoms with van der Waals surface area (Å²) in [6, 6.07) is 69.5. The fourth-order valence-corrected chi connectivity index (χ4v) is 17.5. The van der Waals surface area contributed by atoms with Gasteiger partial charge in [-0.3, -0.25) is 0 Å². The van der Waals surface area contributed by atoms with Crippen LogP contribution in [0.1, 0.15) is 0 Å². The fourth-order valence-electron chi connectivity index (χ4n) is 6.98. The number of hydrogen-bond donors (Lipinski definition) is 0. The van der Waals surface area contributed by atoms with Crippen molar-refractivity contribution in [3.63, 3.8) is 0 Å². The van der Waals surface area contributed by atoms with Crippen molar-refractivity contribution in [2.24, 2.45) is 0 Å². The highest BCUT2D eigenvalue weighted by atomic mass is 28.3. The van der Waals surface area contributed by atoms with Gasteiger partial charge in [0.25, 0.3) is 0 Å². The SMILES string of the molecule is C[Si](C)(C/C=C/[Si](c1ccccc1)(c1ccccc1)c1ccccc1)C/C=C/[Si](c1ccccc1)(c1ccccc1)c1ccccc1. The lowest BCUT2D eigenvalue weighted by Gasteiger charge is -2.32. The van der Waals surface area contributed by atoms with Crippen molar-refractivity contribution in [2.75, 3.05) is 0 Å². The van der Waals surface area contributed by atoms with Gasteiger partial charge in [-0.15, -0.1) is 0 Å². The molecule has 0 bridgehead atoms. The smallest absolute Gasteiger partial charge is 0.0940 e. The van der Waals surface area contributed by atoms with Crippen LogP contribution in [0.4, 0.5) is 0 Å². The highest BCUT2D eigenvalue weighted by Gasteiger charge is 2.38. The molecule has 0 nitrogen and oxygen atoms in total. The van der Waals surface area contributed by atoms with Crippen molar-refractivity contribution in [1.82, 2.24) is 0 Å². The molecule has 0 aliphatic rings. The van der Waals surface area contributed by atoms with Gasteiger partial charge in [-0.25, -0.2) is 0 Å². The summed E-state index contributed by atoms with van der Waals surface area (Å²) in [6.07, 6.45) is 5.10. The van der Waals surface area contributed by atoms with Crippen molar-refractivity contribution >= 4 is 55.3 Å². The second-order valence-electron chi connectivity index (χ2n) is 13.2. The molecule has 0 aromatic heterocycles. The molecular formula is C44H44Si3. The Bertz CT molecular complexity index is 1530. The first-order valence-corrected chi connectivity index (χ1v) is 24.3. The van der Waals surface area contributed by atoms with Crippen LogP contribution in [0, 0.1) is 0 Å². The van der Waals surface area contributed by atoms with Crippen LogP contribution in [-0.2, 0) is 0 Å². The maximum absolute atomic E-state index is 2.63. The lowest BCUT2D eigenvalue weighted by molar-refractivity contribution is 1.42. The molecule has 0 heterocycles. The first-order chi connectivity index (χ1) is 23.0. The molecule has 0 atom stereocenters. The third-order valence-corrected chi connectivity index (χ3v) is 21.1. The maximum atomic E-state index is 2.63. The normalized spacial score (nSPS) is 12.5. The van der Waals surface area contributed by atoms with Gasteiger partial charge in [0.2, 0.25) is 0 Å². The molecular weight excluding hydrogens is 613 g/mol. The quantitative estimate of drug-likeness (QED) is 0.0964. The first kappa shape index (κ1) is 32.4. The van der Waals surface area contributed by atoms with Gasteiger partial charge in [0.15, 0.2) is 16.1 Å². The van der Waals surface area contributed by atoms with E-state index in [9.17, 15) is 0 Å². The monoisotopic (exact) mass is 656 g/mol. The third-order valence-electron chi connectivity index (χ3n) is 9.45. The molecule has 0 fully saturated rings. The zero-order valence-electron chi connectivity index (χ0n) is 27.5. The van der Waals surface area contributed by atoms with E-state index in [1.807, 2.05) is 0 Å². The van der Waals surface area contributed by atoms with Crippen molar-refractivity contribution in [3.05, 3.63) is 206 Å². The number of allylic oxidation sites excluding steroid dienone is 2. The lowest BCUT2D eigenvalue weighted by Crippen LogP contribution is -2.66.